The molecule has 1 fully saturated rings. The van der Waals surface area contributed by atoms with Gasteiger partial charge in [0.2, 0.25) is 5.91 Å². The second kappa shape index (κ2) is 8.37. The van der Waals surface area contributed by atoms with Crippen molar-refractivity contribution in [2.75, 3.05) is 19.8 Å². The predicted molar refractivity (Wildman–Crippen MR) is 86.7 cm³/mol. The molecule has 1 aliphatic rings. The van der Waals surface area contributed by atoms with Crippen LogP contribution in [0.1, 0.15) is 31.7 Å². The summed E-state index contributed by atoms with van der Waals surface area (Å²) >= 11 is 0. The van der Waals surface area contributed by atoms with Gasteiger partial charge in [-0.2, -0.15) is 0 Å². The van der Waals surface area contributed by atoms with Crippen LogP contribution in [0.15, 0.2) is 30.3 Å². The van der Waals surface area contributed by atoms with Gasteiger partial charge in [-0.25, -0.2) is 0 Å². The normalized spacial score (nSPS) is 18.4. The first-order valence-corrected chi connectivity index (χ1v) is 7.32. The van der Waals surface area contributed by atoms with Gasteiger partial charge in [0, 0.05) is 25.8 Å². The molecule has 1 saturated heterocycles. The smallest absolute Gasteiger partial charge is 0.230 e. The van der Waals surface area contributed by atoms with Crippen molar-refractivity contribution in [3.8, 4) is 0 Å². The summed E-state index contributed by atoms with van der Waals surface area (Å²) in [7, 11) is 0. The minimum Gasteiger partial charge on any atom is -0.381 e. The Kier molecular flexibility index (Phi) is 7.15. The molecule has 1 unspecified atom stereocenters. The Morgan fingerprint density at radius 1 is 1.33 bits per heavy atom. The number of benzene rings is 1. The molecule has 2 rings (SSSR count). The third-order valence-electron chi connectivity index (χ3n) is 3.99. The Bertz CT molecular complexity index is 431. The first-order valence-electron chi connectivity index (χ1n) is 7.32. The third-order valence-corrected chi connectivity index (χ3v) is 3.99. The first kappa shape index (κ1) is 18.0. The predicted octanol–water partition coefficient (Wildman–Crippen LogP) is 2.01. The summed E-state index contributed by atoms with van der Waals surface area (Å²) in [6, 6.07) is 10.1. The lowest BCUT2D eigenvalue weighted by Crippen LogP contribution is -2.48. The fourth-order valence-corrected chi connectivity index (χ4v) is 2.71. The molecule has 1 aliphatic heterocycles. The number of ether oxygens (including phenoxy) is 1. The van der Waals surface area contributed by atoms with E-state index in [-0.39, 0.29) is 24.4 Å². The molecule has 0 spiro atoms. The number of hydrogen-bond donors (Lipinski definition) is 2. The zero-order valence-corrected chi connectivity index (χ0v) is 13.3. The molecule has 0 aliphatic carbocycles. The van der Waals surface area contributed by atoms with Crippen LogP contribution >= 0.6 is 12.4 Å². The molecule has 0 aromatic heterocycles. The molecule has 4 nitrogen and oxygen atoms in total. The summed E-state index contributed by atoms with van der Waals surface area (Å²) in [6.45, 7) is 3.85. The maximum Gasteiger partial charge on any atom is 0.230 e. The molecule has 1 amide bonds. The molecule has 1 aromatic rings. The van der Waals surface area contributed by atoms with Gasteiger partial charge in [-0.05, 0) is 31.7 Å². The van der Waals surface area contributed by atoms with Crippen LogP contribution in [0.3, 0.4) is 0 Å². The van der Waals surface area contributed by atoms with E-state index in [4.69, 9.17) is 10.5 Å². The van der Waals surface area contributed by atoms with Crippen LogP contribution in [0, 0.1) is 0 Å². The average Bonchev–Trinajstić information content (AvgIpc) is 2.48. The monoisotopic (exact) mass is 312 g/mol. The number of halogens is 1. The molecular weight excluding hydrogens is 288 g/mol. The Morgan fingerprint density at radius 3 is 2.52 bits per heavy atom. The van der Waals surface area contributed by atoms with Crippen LogP contribution in [0.2, 0.25) is 0 Å². The summed E-state index contributed by atoms with van der Waals surface area (Å²) in [6.07, 6.45) is 2.27. The number of nitrogens with one attached hydrogen (secondary N) is 1. The van der Waals surface area contributed by atoms with E-state index in [9.17, 15) is 4.79 Å². The van der Waals surface area contributed by atoms with Gasteiger partial charge in [0.1, 0.15) is 0 Å². The van der Waals surface area contributed by atoms with E-state index in [1.165, 1.54) is 0 Å². The maximum absolute atomic E-state index is 12.7. The highest BCUT2D eigenvalue weighted by Gasteiger charge is 2.41. The summed E-state index contributed by atoms with van der Waals surface area (Å²) in [4.78, 5) is 12.7. The van der Waals surface area contributed by atoms with Crippen LogP contribution in [0.5, 0.6) is 0 Å². The first-order chi connectivity index (χ1) is 9.65. The summed E-state index contributed by atoms with van der Waals surface area (Å²) < 4.78 is 5.44. The van der Waals surface area contributed by atoms with Gasteiger partial charge >= 0.3 is 0 Å². The molecule has 1 heterocycles. The topological polar surface area (TPSA) is 64.3 Å². The van der Waals surface area contributed by atoms with Crippen molar-refractivity contribution in [3.63, 3.8) is 0 Å². The van der Waals surface area contributed by atoms with Crippen LogP contribution < -0.4 is 11.1 Å². The minimum atomic E-state index is -0.447. The number of rotatable bonds is 5. The van der Waals surface area contributed by atoms with E-state index >= 15 is 0 Å². The molecular formula is C16H25ClN2O2. The van der Waals surface area contributed by atoms with Gasteiger partial charge in [-0.3, -0.25) is 4.79 Å². The Hall–Kier alpha value is -1.10. The zero-order chi connectivity index (χ0) is 14.4. The zero-order valence-electron chi connectivity index (χ0n) is 12.5. The van der Waals surface area contributed by atoms with Crippen molar-refractivity contribution >= 4 is 18.3 Å². The highest BCUT2D eigenvalue weighted by molar-refractivity contribution is 5.88. The lowest BCUT2D eigenvalue weighted by atomic mass is 9.73. The second-order valence-corrected chi connectivity index (χ2v) is 5.58. The number of hydrogen-bond acceptors (Lipinski definition) is 3. The average molecular weight is 313 g/mol. The number of carbonyl (C=O) groups is 1. The molecule has 3 N–H and O–H groups in total. The van der Waals surface area contributed by atoms with Crippen molar-refractivity contribution in [1.82, 2.24) is 5.32 Å². The third kappa shape index (κ3) is 4.43. The van der Waals surface area contributed by atoms with Gasteiger partial charge in [0.15, 0.2) is 0 Å². The van der Waals surface area contributed by atoms with Crippen LogP contribution in [0.25, 0.3) is 0 Å². The molecule has 0 saturated carbocycles. The standard InChI is InChI=1S/C16H24N2O2.ClH/c1-13(17)7-10-18-15(19)16(8-11-20-12-9-16)14-5-3-2-4-6-14;/h2-6,13H,7-12,17H2,1H3,(H,18,19);1H. The minimum absolute atomic E-state index is 0. The van der Waals surface area contributed by atoms with Crippen LogP contribution in [-0.4, -0.2) is 31.7 Å². The van der Waals surface area contributed by atoms with E-state index in [2.05, 4.69) is 5.32 Å². The number of amides is 1. The molecule has 0 bridgehead atoms. The Balaban J connectivity index is 0.00000220. The molecule has 21 heavy (non-hydrogen) atoms. The van der Waals surface area contributed by atoms with Gasteiger partial charge in [-0.15, -0.1) is 12.4 Å². The van der Waals surface area contributed by atoms with Gasteiger partial charge in [0.05, 0.1) is 5.41 Å². The highest BCUT2D eigenvalue weighted by Crippen LogP contribution is 2.35. The van der Waals surface area contributed by atoms with Crippen molar-refractivity contribution in [2.45, 2.75) is 37.6 Å². The lowest BCUT2D eigenvalue weighted by Gasteiger charge is -2.36. The molecule has 118 valence electrons. The van der Waals surface area contributed by atoms with Crippen molar-refractivity contribution in [3.05, 3.63) is 35.9 Å². The summed E-state index contributed by atoms with van der Waals surface area (Å²) in [5.41, 5.74) is 6.37. The second-order valence-electron chi connectivity index (χ2n) is 5.58. The largest absolute Gasteiger partial charge is 0.381 e. The lowest BCUT2D eigenvalue weighted by molar-refractivity contribution is -0.130. The van der Waals surface area contributed by atoms with Crippen LogP contribution in [-0.2, 0) is 14.9 Å². The number of carbonyl (C=O) groups excluding carboxylic acids is 1. The van der Waals surface area contributed by atoms with Gasteiger partial charge in [0.25, 0.3) is 0 Å². The van der Waals surface area contributed by atoms with Gasteiger partial charge in [-0.1, -0.05) is 30.3 Å². The van der Waals surface area contributed by atoms with E-state index < -0.39 is 5.41 Å². The van der Waals surface area contributed by atoms with Crippen molar-refractivity contribution in [2.24, 2.45) is 5.73 Å². The summed E-state index contributed by atoms with van der Waals surface area (Å²) in [5, 5.41) is 3.05. The van der Waals surface area contributed by atoms with Crippen LogP contribution in [0.4, 0.5) is 0 Å². The number of nitrogens with two attached hydrogens (primary N) is 1. The SMILES string of the molecule is CC(N)CCNC(=O)C1(c2ccccc2)CCOCC1.Cl. The Labute approximate surface area is 132 Å². The van der Waals surface area contributed by atoms with E-state index in [0.29, 0.717) is 19.8 Å². The van der Waals surface area contributed by atoms with E-state index in [1.54, 1.807) is 0 Å². The van der Waals surface area contributed by atoms with E-state index in [1.807, 2.05) is 37.3 Å². The molecule has 5 heteroatoms. The maximum atomic E-state index is 12.7. The molecule has 1 aromatic carbocycles. The fraction of sp³-hybridized carbons (Fsp3) is 0.562. The highest BCUT2D eigenvalue weighted by atomic mass is 35.5. The molecule has 0 radical (unpaired) electrons. The summed E-state index contributed by atoms with van der Waals surface area (Å²) in [5.74, 6) is 0.104. The quantitative estimate of drug-likeness (QED) is 0.874. The van der Waals surface area contributed by atoms with Crippen molar-refractivity contribution in [1.29, 1.82) is 0 Å². The Morgan fingerprint density at radius 2 is 1.95 bits per heavy atom. The fourth-order valence-electron chi connectivity index (χ4n) is 2.71. The van der Waals surface area contributed by atoms with Gasteiger partial charge < -0.3 is 15.8 Å². The molecule has 1 atom stereocenters. The van der Waals surface area contributed by atoms with Crippen molar-refractivity contribution < 1.29 is 9.53 Å². The van der Waals surface area contributed by atoms with E-state index in [0.717, 1.165) is 24.8 Å².